The molecule has 0 saturated heterocycles. The van der Waals surface area contributed by atoms with Crippen LogP contribution in [-0.2, 0) is 7.05 Å². The third-order valence-corrected chi connectivity index (χ3v) is 3.04. The van der Waals surface area contributed by atoms with E-state index in [0.717, 1.165) is 4.88 Å². The Labute approximate surface area is 91.4 Å². The molecule has 0 saturated carbocycles. The van der Waals surface area contributed by atoms with Gasteiger partial charge in [-0.15, -0.1) is 11.3 Å². The summed E-state index contributed by atoms with van der Waals surface area (Å²) >= 11 is 1.48. The van der Waals surface area contributed by atoms with Gasteiger partial charge in [0, 0.05) is 18.1 Å². The average molecular weight is 221 g/mol. The van der Waals surface area contributed by atoms with Gasteiger partial charge in [0.2, 0.25) is 5.78 Å². The molecule has 2 aromatic heterocycles. The van der Waals surface area contributed by atoms with E-state index >= 15 is 0 Å². The topological polar surface area (TPSA) is 60.9 Å². The predicted octanol–water partition coefficient (Wildman–Crippen LogP) is 1.36. The van der Waals surface area contributed by atoms with Crippen molar-refractivity contribution in [2.24, 2.45) is 12.8 Å². The molecule has 0 aromatic carbocycles. The second-order valence-corrected chi connectivity index (χ2v) is 4.26. The van der Waals surface area contributed by atoms with Gasteiger partial charge >= 0.3 is 0 Å². The number of carbonyl (C=O) groups is 1. The van der Waals surface area contributed by atoms with Crippen LogP contribution in [-0.4, -0.2) is 15.3 Å². The third-order valence-electron chi connectivity index (χ3n) is 2.09. The number of hydrogen-bond acceptors (Lipinski definition) is 4. The summed E-state index contributed by atoms with van der Waals surface area (Å²) in [6, 6.07) is 3.14. The fourth-order valence-corrected chi connectivity index (χ4v) is 2.02. The molecule has 15 heavy (non-hydrogen) atoms. The van der Waals surface area contributed by atoms with Crippen LogP contribution >= 0.6 is 11.3 Å². The highest BCUT2D eigenvalue weighted by molar-refractivity contribution is 7.10. The summed E-state index contributed by atoms with van der Waals surface area (Å²) in [5, 5.41) is 1.90. The first-order valence-corrected chi connectivity index (χ1v) is 5.37. The number of nitrogens with two attached hydrogens (primary N) is 1. The van der Waals surface area contributed by atoms with Gasteiger partial charge in [0.1, 0.15) is 11.7 Å². The number of aryl methyl sites for hydroxylation is 1. The van der Waals surface area contributed by atoms with Crippen molar-refractivity contribution < 1.29 is 4.79 Å². The van der Waals surface area contributed by atoms with Crippen LogP contribution in [0.25, 0.3) is 0 Å². The Kier molecular flexibility index (Phi) is 2.66. The zero-order valence-corrected chi connectivity index (χ0v) is 9.07. The van der Waals surface area contributed by atoms with Crippen LogP contribution < -0.4 is 5.73 Å². The Morgan fingerprint density at radius 2 is 2.47 bits per heavy atom. The van der Waals surface area contributed by atoms with E-state index in [1.165, 1.54) is 11.3 Å². The number of hydrogen-bond donors (Lipinski definition) is 1. The normalized spacial score (nSPS) is 12.7. The van der Waals surface area contributed by atoms with E-state index < -0.39 is 6.04 Å². The largest absolute Gasteiger partial charge is 0.340 e. The quantitative estimate of drug-likeness (QED) is 0.796. The van der Waals surface area contributed by atoms with E-state index in [1.54, 1.807) is 17.1 Å². The zero-order chi connectivity index (χ0) is 10.8. The predicted molar refractivity (Wildman–Crippen MR) is 58.8 cm³/mol. The first kappa shape index (κ1) is 10.1. The van der Waals surface area contributed by atoms with Gasteiger partial charge in [0.15, 0.2) is 0 Å². The van der Waals surface area contributed by atoms with Crippen LogP contribution in [0.3, 0.4) is 0 Å². The number of thiophene rings is 1. The lowest BCUT2D eigenvalue weighted by Crippen LogP contribution is -2.20. The van der Waals surface area contributed by atoms with Crippen molar-refractivity contribution in [1.29, 1.82) is 0 Å². The van der Waals surface area contributed by atoms with Gasteiger partial charge in [0.25, 0.3) is 0 Å². The third kappa shape index (κ3) is 1.98. The molecule has 0 radical (unpaired) electrons. The molecule has 0 bridgehead atoms. The highest BCUT2D eigenvalue weighted by Gasteiger charge is 2.20. The molecular formula is C10H11N3OS. The van der Waals surface area contributed by atoms with Crippen molar-refractivity contribution in [1.82, 2.24) is 9.55 Å². The number of nitrogens with zero attached hydrogens (tertiary/aromatic N) is 2. The maximum absolute atomic E-state index is 11.9. The maximum Gasteiger partial charge on any atom is 0.204 e. The van der Waals surface area contributed by atoms with Gasteiger partial charge in [-0.25, -0.2) is 4.98 Å². The van der Waals surface area contributed by atoms with Crippen molar-refractivity contribution >= 4 is 17.1 Å². The SMILES string of the molecule is Cn1cnc(C(=O)C(N)c2cccs2)c1. The Balaban J connectivity index is 2.22. The van der Waals surface area contributed by atoms with Gasteiger partial charge in [-0.1, -0.05) is 6.07 Å². The smallest absolute Gasteiger partial charge is 0.204 e. The lowest BCUT2D eigenvalue weighted by Gasteiger charge is -2.05. The second kappa shape index (κ2) is 3.96. The van der Waals surface area contributed by atoms with Crippen molar-refractivity contribution in [3.05, 3.63) is 40.6 Å². The van der Waals surface area contributed by atoms with Crippen LogP contribution in [0.1, 0.15) is 21.4 Å². The lowest BCUT2D eigenvalue weighted by molar-refractivity contribution is 0.0958. The fraction of sp³-hybridized carbons (Fsp3) is 0.200. The molecule has 0 spiro atoms. The number of imidazole rings is 1. The molecule has 1 atom stereocenters. The number of ketones is 1. The number of Topliss-reactive ketones (excluding diaryl/α,β-unsaturated/α-hetero) is 1. The molecule has 2 rings (SSSR count). The average Bonchev–Trinajstić information content (AvgIpc) is 2.85. The number of aromatic nitrogens is 2. The molecule has 2 aromatic rings. The van der Waals surface area contributed by atoms with Gasteiger partial charge in [-0.3, -0.25) is 4.79 Å². The Morgan fingerprint density at radius 3 is 3.00 bits per heavy atom. The summed E-state index contributed by atoms with van der Waals surface area (Å²) in [5.74, 6) is -0.141. The minimum atomic E-state index is -0.597. The lowest BCUT2D eigenvalue weighted by atomic mass is 10.1. The van der Waals surface area contributed by atoms with E-state index in [4.69, 9.17) is 5.73 Å². The highest BCUT2D eigenvalue weighted by atomic mass is 32.1. The Hall–Kier alpha value is -1.46. The summed E-state index contributed by atoms with van der Waals surface area (Å²) < 4.78 is 1.73. The molecule has 4 nitrogen and oxygen atoms in total. The summed E-state index contributed by atoms with van der Waals surface area (Å²) in [4.78, 5) is 16.7. The van der Waals surface area contributed by atoms with Crippen LogP contribution in [0.2, 0.25) is 0 Å². The Morgan fingerprint density at radius 1 is 1.67 bits per heavy atom. The van der Waals surface area contributed by atoms with Crippen molar-refractivity contribution in [3.63, 3.8) is 0 Å². The van der Waals surface area contributed by atoms with Crippen molar-refractivity contribution in [2.45, 2.75) is 6.04 Å². The van der Waals surface area contributed by atoms with Crippen LogP contribution in [0.4, 0.5) is 0 Å². The molecule has 78 valence electrons. The summed E-state index contributed by atoms with van der Waals surface area (Å²) in [6.45, 7) is 0. The summed E-state index contributed by atoms with van der Waals surface area (Å²) in [5.41, 5.74) is 6.25. The first-order chi connectivity index (χ1) is 7.18. The maximum atomic E-state index is 11.9. The molecule has 1 unspecified atom stereocenters. The van der Waals surface area contributed by atoms with Crippen LogP contribution in [0, 0.1) is 0 Å². The zero-order valence-electron chi connectivity index (χ0n) is 8.25. The standard InChI is InChI=1S/C10H11N3OS/c1-13-5-7(12-6-13)10(14)9(11)8-3-2-4-15-8/h2-6,9H,11H2,1H3. The van der Waals surface area contributed by atoms with E-state index in [1.807, 2.05) is 24.6 Å². The molecule has 0 aliphatic carbocycles. The van der Waals surface area contributed by atoms with Crippen molar-refractivity contribution in [3.8, 4) is 0 Å². The van der Waals surface area contributed by atoms with Gasteiger partial charge in [-0.05, 0) is 11.4 Å². The number of rotatable bonds is 3. The summed E-state index contributed by atoms with van der Waals surface area (Å²) in [7, 11) is 1.82. The monoisotopic (exact) mass is 221 g/mol. The molecule has 2 heterocycles. The van der Waals surface area contributed by atoms with Gasteiger partial charge in [0.05, 0.1) is 6.33 Å². The van der Waals surface area contributed by atoms with Crippen LogP contribution in [0.5, 0.6) is 0 Å². The first-order valence-electron chi connectivity index (χ1n) is 4.49. The van der Waals surface area contributed by atoms with Crippen LogP contribution in [0.15, 0.2) is 30.0 Å². The van der Waals surface area contributed by atoms with Gasteiger partial charge in [-0.2, -0.15) is 0 Å². The minimum Gasteiger partial charge on any atom is -0.340 e. The van der Waals surface area contributed by atoms with Gasteiger partial charge < -0.3 is 10.3 Å². The highest BCUT2D eigenvalue weighted by Crippen LogP contribution is 2.19. The van der Waals surface area contributed by atoms with E-state index in [2.05, 4.69) is 4.98 Å². The molecule has 0 aliphatic rings. The van der Waals surface area contributed by atoms with E-state index in [9.17, 15) is 4.79 Å². The number of carbonyl (C=O) groups excluding carboxylic acids is 1. The van der Waals surface area contributed by atoms with E-state index in [0.29, 0.717) is 5.69 Å². The molecular weight excluding hydrogens is 210 g/mol. The fourth-order valence-electron chi connectivity index (χ4n) is 1.30. The Bertz CT molecular complexity index is 461. The molecule has 2 N–H and O–H groups in total. The molecule has 0 amide bonds. The molecule has 5 heteroatoms. The van der Waals surface area contributed by atoms with E-state index in [-0.39, 0.29) is 5.78 Å². The molecule has 0 fully saturated rings. The summed E-state index contributed by atoms with van der Waals surface area (Å²) in [6.07, 6.45) is 3.27. The minimum absolute atomic E-state index is 0.141. The molecule has 0 aliphatic heterocycles. The second-order valence-electron chi connectivity index (χ2n) is 3.28. The van der Waals surface area contributed by atoms with Crippen molar-refractivity contribution in [2.75, 3.05) is 0 Å².